The van der Waals surface area contributed by atoms with Crippen LogP contribution in [0.15, 0.2) is 42.5 Å². The molecule has 1 N–H and O–H groups in total. The SMILES string of the molecule is CCCCN(CCCC[N+](C)(C)C)C(=O)CN1C[C@H](c2ccc3c(c2)OCO3)C(C(=O)O)[C@@H]1Cc1ccccc1OC. The number of carbonyl (C=O) groups is 2. The first-order chi connectivity index (χ1) is 20.1. The van der Waals surface area contributed by atoms with Crippen molar-refractivity contribution >= 4 is 11.9 Å². The fraction of sp³-hybridized carbons (Fsp3) is 0.576. The summed E-state index contributed by atoms with van der Waals surface area (Å²) in [6.45, 7) is 5.44. The van der Waals surface area contributed by atoms with Crippen LogP contribution < -0.4 is 14.2 Å². The van der Waals surface area contributed by atoms with Gasteiger partial charge in [0.25, 0.3) is 0 Å². The van der Waals surface area contributed by atoms with Crippen molar-refractivity contribution in [1.82, 2.24) is 9.80 Å². The lowest BCUT2D eigenvalue weighted by atomic mass is 9.83. The highest BCUT2D eigenvalue weighted by molar-refractivity contribution is 5.79. The predicted molar refractivity (Wildman–Crippen MR) is 162 cm³/mol. The summed E-state index contributed by atoms with van der Waals surface area (Å²) >= 11 is 0. The highest BCUT2D eigenvalue weighted by Gasteiger charge is 2.47. The summed E-state index contributed by atoms with van der Waals surface area (Å²) in [6.07, 6.45) is 4.42. The number of nitrogens with zero attached hydrogens (tertiary/aromatic N) is 3. The van der Waals surface area contributed by atoms with E-state index in [-0.39, 0.29) is 31.2 Å². The fourth-order valence-corrected chi connectivity index (χ4v) is 6.20. The second-order valence-electron chi connectivity index (χ2n) is 12.6. The van der Waals surface area contributed by atoms with Gasteiger partial charge in [-0.15, -0.1) is 0 Å². The van der Waals surface area contributed by atoms with Gasteiger partial charge in [-0.1, -0.05) is 37.6 Å². The number of aliphatic carboxylic acids is 1. The Hall–Kier alpha value is -3.30. The number of para-hydroxylation sites is 1. The number of unbranched alkanes of at least 4 members (excludes halogenated alkanes) is 2. The minimum absolute atomic E-state index is 0.0641. The molecule has 1 fully saturated rings. The smallest absolute Gasteiger partial charge is 0.308 e. The van der Waals surface area contributed by atoms with E-state index in [0.29, 0.717) is 24.5 Å². The number of fused-ring (bicyclic) bond motifs is 1. The lowest BCUT2D eigenvalue weighted by molar-refractivity contribution is -0.870. The predicted octanol–water partition coefficient (Wildman–Crippen LogP) is 4.25. The van der Waals surface area contributed by atoms with Gasteiger partial charge in [-0.2, -0.15) is 0 Å². The van der Waals surface area contributed by atoms with Gasteiger partial charge in [-0.05, 0) is 55.0 Å². The molecule has 2 heterocycles. The van der Waals surface area contributed by atoms with Crippen molar-refractivity contribution in [2.24, 2.45) is 5.92 Å². The number of hydrogen-bond acceptors (Lipinski definition) is 6. The van der Waals surface area contributed by atoms with E-state index in [1.807, 2.05) is 47.4 Å². The van der Waals surface area contributed by atoms with E-state index in [9.17, 15) is 14.7 Å². The van der Waals surface area contributed by atoms with Crippen LogP contribution >= 0.6 is 0 Å². The maximum Gasteiger partial charge on any atom is 0.308 e. The zero-order valence-corrected chi connectivity index (χ0v) is 25.9. The molecule has 0 spiro atoms. The molecular formula is C33H48N3O6+. The van der Waals surface area contributed by atoms with Crippen LogP contribution in [0, 0.1) is 5.92 Å². The van der Waals surface area contributed by atoms with E-state index in [4.69, 9.17) is 14.2 Å². The molecule has 0 radical (unpaired) electrons. The summed E-state index contributed by atoms with van der Waals surface area (Å²) < 4.78 is 17.6. The minimum atomic E-state index is -0.865. The van der Waals surface area contributed by atoms with Crippen molar-refractivity contribution in [2.45, 2.75) is 51.0 Å². The number of likely N-dealkylation sites (tertiary alicyclic amines) is 1. The zero-order chi connectivity index (χ0) is 30.3. The van der Waals surface area contributed by atoms with Crippen LogP contribution in [-0.4, -0.2) is 105 Å². The Morgan fingerprint density at radius 3 is 2.50 bits per heavy atom. The van der Waals surface area contributed by atoms with Crippen molar-refractivity contribution in [3.05, 3.63) is 53.6 Å². The summed E-state index contributed by atoms with van der Waals surface area (Å²) in [5.41, 5.74) is 1.82. The zero-order valence-electron chi connectivity index (χ0n) is 25.9. The summed E-state index contributed by atoms with van der Waals surface area (Å²) in [4.78, 5) is 30.9. The molecule has 2 aromatic rings. The molecule has 1 saturated heterocycles. The van der Waals surface area contributed by atoms with Crippen LogP contribution in [0.5, 0.6) is 17.2 Å². The Bertz CT molecular complexity index is 1210. The molecule has 2 aromatic carbocycles. The highest BCUT2D eigenvalue weighted by atomic mass is 16.7. The molecule has 2 aliphatic heterocycles. The Morgan fingerprint density at radius 1 is 1.05 bits per heavy atom. The molecular weight excluding hydrogens is 534 g/mol. The van der Waals surface area contributed by atoms with Crippen LogP contribution in [0.4, 0.5) is 0 Å². The average molecular weight is 583 g/mol. The Kier molecular flexibility index (Phi) is 10.7. The number of carboxylic acid groups (broad SMARTS) is 1. The lowest BCUT2D eigenvalue weighted by Crippen LogP contribution is -2.45. The van der Waals surface area contributed by atoms with Crippen LogP contribution in [0.2, 0.25) is 0 Å². The number of quaternary nitrogens is 1. The van der Waals surface area contributed by atoms with Crippen molar-refractivity contribution < 1.29 is 33.4 Å². The van der Waals surface area contributed by atoms with E-state index in [1.165, 1.54) is 0 Å². The standard InChI is InChI=1S/C33H47N3O6/c1-6-7-16-34(17-10-11-18-36(2,3)4)31(37)22-35-21-26(24-14-15-29-30(20-24)42-23-41-29)32(33(38)39)27(35)19-25-12-8-9-13-28(25)40-5/h8-9,12-15,20,26-27,32H,6-7,10-11,16-19,21-23H2,1-5H3/p+1/t26-,27+,32?/m1/s1. The Labute approximate surface area is 250 Å². The molecule has 0 saturated carbocycles. The first-order valence-electron chi connectivity index (χ1n) is 15.2. The number of amides is 1. The van der Waals surface area contributed by atoms with E-state index in [1.54, 1.807) is 7.11 Å². The highest BCUT2D eigenvalue weighted by Crippen LogP contribution is 2.43. The maximum absolute atomic E-state index is 13.9. The molecule has 4 rings (SSSR count). The quantitative estimate of drug-likeness (QED) is 0.248. The van der Waals surface area contributed by atoms with Crippen LogP contribution in [0.1, 0.15) is 49.7 Å². The molecule has 9 nitrogen and oxygen atoms in total. The summed E-state index contributed by atoms with van der Waals surface area (Å²) in [5.74, 6) is 0.200. The fourth-order valence-electron chi connectivity index (χ4n) is 6.20. The van der Waals surface area contributed by atoms with Gasteiger partial charge in [0, 0.05) is 31.6 Å². The van der Waals surface area contributed by atoms with Gasteiger partial charge in [0.2, 0.25) is 12.7 Å². The van der Waals surface area contributed by atoms with Gasteiger partial charge in [-0.3, -0.25) is 14.5 Å². The van der Waals surface area contributed by atoms with Gasteiger partial charge < -0.3 is 28.7 Å². The second kappa shape index (κ2) is 14.2. The molecule has 2 aliphatic rings. The lowest BCUT2D eigenvalue weighted by Gasteiger charge is -2.30. The number of benzene rings is 2. The largest absolute Gasteiger partial charge is 0.496 e. The first kappa shape index (κ1) is 31.6. The van der Waals surface area contributed by atoms with E-state index < -0.39 is 11.9 Å². The molecule has 9 heteroatoms. The molecule has 3 atom stereocenters. The molecule has 230 valence electrons. The van der Waals surface area contributed by atoms with Gasteiger partial charge in [0.05, 0.1) is 47.3 Å². The normalized spacial score (nSPS) is 20.1. The monoisotopic (exact) mass is 582 g/mol. The van der Waals surface area contributed by atoms with E-state index in [0.717, 1.165) is 66.7 Å². The third-order valence-electron chi connectivity index (χ3n) is 8.46. The molecule has 0 aromatic heterocycles. The third-order valence-corrected chi connectivity index (χ3v) is 8.46. The topological polar surface area (TPSA) is 88.5 Å². The molecule has 0 aliphatic carbocycles. The summed E-state index contributed by atoms with van der Waals surface area (Å²) in [5, 5.41) is 10.6. The maximum atomic E-state index is 13.9. The number of ether oxygens (including phenoxy) is 3. The van der Waals surface area contributed by atoms with E-state index >= 15 is 0 Å². The second-order valence-corrected chi connectivity index (χ2v) is 12.6. The van der Waals surface area contributed by atoms with Crippen LogP contribution in [-0.2, 0) is 16.0 Å². The Morgan fingerprint density at radius 2 is 1.79 bits per heavy atom. The first-order valence-corrected chi connectivity index (χ1v) is 15.2. The van der Waals surface area contributed by atoms with Crippen molar-refractivity contribution in [2.75, 3.05) is 67.8 Å². The average Bonchev–Trinajstić information content (AvgIpc) is 3.56. The van der Waals surface area contributed by atoms with Gasteiger partial charge in [-0.25, -0.2) is 0 Å². The number of carboxylic acids is 1. The molecule has 1 unspecified atom stereocenters. The van der Waals surface area contributed by atoms with E-state index in [2.05, 4.69) is 33.0 Å². The minimum Gasteiger partial charge on any atom is -0.496 e. The number of rotatable bonds is 15. The number of hydrogen-bond donors (Lipinski definition) is 1. The molecule has 0 bridgehead atoms. The third kappa shape index (κ3) is 7.95. The summed E-state index contributed by atoms with van der Waals surface area (Å²) in [6, 6.07) is 13.0. The summed E-state index contributed by atoms with van der Waals surface area (Å²) in [7, 11) is 8.18. The molecule has 42 heavy (non-hydrogen) atoms. The number of methoxy groups -OCH3 is 1. The Balaban J connectivity index is 1.60. The van der Waals surface area contributed by atoms with Crippen molar-refractivity contribution in [1.29, 1.82) is 0 Å². The van der Waals surface area contributed by atoms with Gasteiger partial charge >= 0.3 is 5.97 Å². The van der Waals surface area contributed by atoms with Crippen LogP contribution in [0.25, 0.3) is 0 Å². The van der Waals surface area contributed by atoms with Crippen LogP contribution in [0.3, 0.4) is 0 Å². The number of carbonyl (C=O) groups excluding carboxylic acids is 1. The van der Waals surface area contributed by atoms with Gasteiger partial charge in [0.1, 0.15) is 5.75 Å². The van der Waals surface area contributed by atoms with Gasteiger partial charge in [0.15, 0.2) is 11.5 Å². The molecule has 1 amide bonds. The van der Waals surface area contributed by atoms with Crippen molar-refractivity contribution in [3.63, 3.8) is 0 Å². The van der Waals surface area contributed by atoms with Crippen molar-refractivity contribution in [3.8, 4) is 17.2 Å².